The van der Waals surface area contributed by atoms with Crippen LogP contribution in [0.5, 0.6) is 0 Å². The molecule has 0 aromatic carbocycles. The third-order valence-corrected chi connectivity index (χ3v) is 4.59. The first-order valence-electron chi connectivity index (χ1n) is 8.28. The highest BCUT2D eigenvalue weighted by molar-refractivity contribution is 7.99. The van der Waals surface area contributed by atoms with E-state index < -0.39 is 0 Å². The van der Waals surface area contributed by atoms with Gasteiger partial charge in [-0.1, -0.05) is 84.5 Å². The summed E-state index contributed by atoms with van der Waals surface area (Å²) in [6, 6.07) is 0. The summed E-state index contributed by atoms with van der Waals surface area (Å²) in [6.07, 6.45) is 18.2. The topological polar surface area (TPSA) is 0 Å². The van der Waals surface area contributed by atoms with Crippen molar-refractivity contribution in [2.45, 2.75) is 90.4 Å². The third kappa shape index (κ3) is 16.4. The van der Waals surface area contributed by atoms with Gasteiger partial charge in [0, 0.05) is 0 Å². The summed E-state index contributed by atoms with van der Waals surface area (Å²) >= 11 is 2.17. The van der Waals surface area contributed by atoms with Crippen molar-refractivity contribution in [1.29, 1.82) is 0 Å². The highest BCUT2D eigenvalue weighted by atomic mass is 32.2. The van der Waals surface area contributed by atoms with Crippen molar-refractivity contribution in [2.24, 2.45) is 0 Å². The molecule has 0 aliphatic carbocycles. The fourth-order valence-corrected chi connectivity index (χ4v) is 3.20. The van der Waals surface area contributed by atoms with E-state index in [0.29, 0.717) is 0 Å². The van der Waals surface area contributed by atoms with Gasteiger partial charge in [-0.05, 0) is 24.3 Å². The monoisotopic (exact) mass is 271 g/mol. The summed E-state index contributed by atoms with van der Waals surface area (Å²) in [5.74, 6) is 2.78. The molecule has 0 nitrogen and oxygen atoms in total. The van der Waals surface area contributed by atoms with Gasteiger partial charge in [-0.2, -0.15) is 11.8 Å². The van der Waals surface area contributed by atoms with E-state index in [4.69, 9.17) is 0 Å². The normalized spacial score (nSPS) is 11.0. The summed E-state index contributed by atoms with van der Waals surface area (Å²) in [5, 5.41) is 0. The van der Waals surface area contributed by atoms with E-state index in [1.807, 2.05) is 0 Å². The number of hydrogen-bond acceptors (Lipinski definition) is 1. The Hall–Kier alpha value is 0.350. The third-order valence-electron chi connectivity index (χ3n) is 3.43. The highest BCUT2D eigenvalue weighted by Gasteiger charge is 1.93. The van der Waals surface area contributed by atoms with Crippen LogP contribution in [0.2, 0.25) is 0 Å². The second kappa shape index (κ2) is 17.4. The van der Waals surface area contributed by atoms with Gasteiger partial charge in [-0.15, -0.1) is 0 Å². The molecular weight excluding hydrogens is 236 g/mol. The first kappa shape index (κ1) is 18.4. The van der Waals surface area contributed by atoms with Crippen LogP contribution < -0.4 is 0 Å². The van der Waals surface area contributed by atoms with Crippen LogP contribution >= 0.6 is 11.8 Å². The van der Waals surface area contributed by atoms with Crippen LogP contribution in [0.3, 0.4) is 0 Å². The Morgan fingerprint density at radius 3 is 1.56 bits per heavy atom. The lowest BCUT2D eigenvalue weighted by Crippen LogP contribution is -1.86. The van der Waals surface area contributed by atoms with Gasteiger partial charge >= 0.3 is 0 Å². The van der Waals surface area contributed by atoms with E-state index in [2.05, 4.69) is 25.6 Å². The van der Waals surface area contributed by atoms with E-state index in [9.17, 15) is 0 Å². The summed E-state index contributed by atoms with van der Waals surface area (Å²) in [5.41, 5.74) is 0. The van der Waals surface area contributed by atoms with Gasteiger partial charge < -0.3 is 0 Å². The van der Waals surface area contributed by atoms with Gasteiger partial charge in [-0.3, -0.25) is 0 Å². The van der Waals surface area contributed by atoms with Crippen molar-refractivity contribution in [2.75, 3.05) is 11.5 Å². The minimum atomic E-state index is 1.12. The molecule has 1 heteroatoms. The maximum atomic E-state index is 3.88. The molecule has 18 heavy (non-hydrogen) atoms. The molecule has 0 spiro atoms. The van der Waals surface area contributed by atoms with Crippen molar-refractivity contribution in [3.8, 4) is 0 Å². The molecule has 0 N–H and O–H groups in total. The molecule has 0 saturated heterocycles. The molecule has 109 valence electrons. The first-order valence-corrected chi connectivity index (χ1v) is 9.44. The molecule has 0 bridgehead atoms. The van der Waals surface area contributed by atoms with Gasteiger partial charge in [0.1, 0.15) is 0 Å². The summed E-state index contributed by atoms with van der Waals surface area (Å²) in [6.45, 7) is 6.17. The lowest BCUT2D eigenvalue weighted by atomic mass is 10.1. The van der Waals surface area contributed by atoms with Crippen LogP contribution in [-0.2, 0) is 0 Å². The van der Waals surface area contributed by atoms with Gasteiger partial charge in [0.05, 0.1) is 0 Å². The Labute approximate surface area is 121 Å². The maximum Gasteiger partial charge on any atom is -0.00675 e. The fraction of sp³-hybridized carbons (Fsp3) is 0.941. The minimum absolute atomic E-state index is 1.12. The van der Waals surface area contributed by atoms with Crippen LogP contribution in [0.4, 0.5) is 0 Å². The average Bonchev–Trinajstić information content (AvgIpc) is 2.39. The predicted octanol–water partition coefficient (Wildman–Crippen LogP) is 6.64. The Morgan fingerprint density at radius 2 is 1.06 bits per heavy atom. The lowest BCUT2D eigenvalue weighted by molar-refractivity contribution is 0.603. The van der Waals surface area contributed by atoms with Crippen LogP contribution in [0.1, 0.15) is 90.4 Å². The zero-order valence-corrected chi connectivity index (χ0v) is 13.5. The maximum absolute atomic E-state index is 3.88. The van der Waals surface area contributed by atoms with Crippen molar-refractivity contribution >= 4 is 11.8 Å². The molecule has 1 radical (unpaired) electrons. The Balaban J connectivity index is 2.86. The lowest BCUT2D eigenvalue weighted by Gasteiger charge is -2.03. The molecule has 0 amide bonds. The quantitative estimate of drug-likeness (QED) is 0.301. The second-order valence-electron chi connectivity index (χ2n) is 5.36. The number of unbranched alkanes of at least 4 members (excludes halogenated alkanes) is 11. The van der Waals surface area contributed by atoms with E-state index in [1.165, 1.54) is 88.6 Å². The molecule has 0 unspecified atom stereocenters. The molecule has 0 heterocycles. The number of rotatable bonds is 15. The first-order chi connectivity index (χ1) is 8.91. The summed E-state index contributed by atoms with van der Waals surface area (Å²) in [4.78, 5) is 0. The molecule has 0 atom stereocenters. The molecule has 0 fully saturated rings. The molecule has 0 aromatic rings. The van der Waals surface area contributed by atoms with E-state index in [1.54, 1.807) is 0 Å². The number of thioether (sulfide) groups is 1. The van der Waals surface area contributed by atoms with E-state index in [-0.39, 0.29) is 0 Å². The summed E-state index contributed by atoms with van der Waals surface area (Å²) in [7, 11) is 0. The minimum Gasteiger partial charge on any atom is -0.162 e. The Bertz CT molecular complexity index is 118. The smallest absolute Gasteiger partial charge is 0.00675 e. The fourth-order valence-electron chi connectivity index (χ4n) is 2.17. The van der Waals surface area contributed by atoms with E-state index >= 15 is 0 Å². The predicted molar refractivity (Wildman–Crippen MR) is 88.4 cm³/mol. The molecule has 0 aliphatic heterocycles. The van der Waals surface area contributed by atoms with Crippen molar-refractivity contribution in [3.05, 3.63) is 6.92 Å². The number of hydrogen-bond donors (Lipinski definition) is 0. The standard InChI is InChI=1S/C17H35S/c1-3-5-7-9-11-13-15-17-18-16-14-12-10-8-6-4-2/h2-17H2,1H3. The SMILES string of the molecule is [CH2]CCCCCCCSCCCCCCCCC. The summed E-state index contributed by atoms with van der Waals surface area (Å²) < 4.78 is 0. The van der Waals surface area contributed by atoms with Crippen LogP contribution in [0, 0.1) is 6.92 Å². The average molecular weight is 272 g/mol. The zero-order chi connectivity index (χ0) is 13.3. The van der Waals surface area contributed by atoms with Crippen LogP contribution in [-0.4, -0.2) is 11.5 Å². The van der Waals surface area contributed by atoms with Gasteiger partial charge in [0.15, 0.2) is 0 Å². The molecule has 0 aromatic heterocycles. The molecular formula is C17H35S. The second-order valence-corrected chi connectivity index (χ2v) is 6.58. The molecule has 0 saturated carbocycles. The molecule has 0 aliphatic rings. The Morgan fingerprint density at radius 1 is 0.611 bits per heavy atom. The molecule has 0 rings (SSSR count). The van der Waals surface area contributed by atoms with Crippen molar-refractivity contribution < 1.29 is 0 Å². The van der Waals surface area contributed by atoms with Crippen molar-refractivity contribution in [1.82, 2.24) is 0 Å². The van der Waals surface area contributed by atoms with E-state index in [0.717, 1.165) is 6.42 Å². The van der Waals surface area contributed by atoms with Crippen LogP contribution in [0.15, 0.2) is 0 Å². The zero-order valence-electron chi connectivity index (χ0n) is 12.7. The largest absolute Gasteiger partial charge is 0.162 e. The van der Waals surface area contributed by atoms with Crippen molar-refractivity contribution in [3.63, 3.8) is 0 Å². The highest BCUT2D eigenvalue weighted by Crippen LogP contribution is 2.13. The Kier molecular flexibility index (Phi) is 17.7. The van der Waals surface area contributed by atoms with Gasteiger partial charge in [0.25, 0.3) is 0 Å². The van der Waals surface area contributed by atoms with Gasteiger partial charge in [-0.25, -0.2) is 0 Å². The van der Waals surface area contributed by atoms with Gasteiger partial charge in [0.2, 0.25) is 0 Å². The van der Waals surface area contributed by atoms with Crippen LogP contribution in [0.25, 0.3) is 0 Å².